The molecule has 2 aromatic heterocycles. The van der Waals surface area contributed by atoms with E-state index in [2.05, 4.69) is 45.5 Å². The standard InChI is InChI=1S/C19H27N5OS/c1-14-11-20-6-5-17(14)23-7-4-8-24(10-9-23)19(25)21-12-15(2)18-22-16(3)13-26-18/h5-6,11,13,15H,4,7-10,12H2,1-3H3,(H,21,25)/t15-/m1/s1. The maximum absolute atomic E-state index is 12.6. The fourth-order valence-electron chi connectivity index (χ4n) is 3.22. The number of hydrogen-bond acceptors (Lipinski definition) is 5. The van der Waals surface area contributed by atoms with Gasteiger partial charge in [-0.3, -0.25) is 4.98 Å². The van der Waals surface area contributed by atoms with Gasteiger partial charge in [0.25, 0.3) is 0 Å². The van der Waals surface area contributed by atoms with E-state index < -0.39 is 0 Å². The van der Waals surface area contributed by atoms with Gasteiger partial charge in [-0.2, -0.15) is 0 Å². The number of anilines is 1. The maximum atomic E-state index is 12.6. The van der Waals surface area contributed by atoms with Crippen molar-refractivity contribution in [1.82, 2.24) is 20.2 Å². The minimum Gasteiger partial charge on any atom is -0.369 e. The molecule has 1 fully saturated rings. The van der Waals surface area contributed by atoms with Crippen LogP contribution in [0, 0.1) is 13.8 Å². The van der Waals surface area contributed by atoms with Crippen molar-refractivity contribution in [3.63, 3.8) is 0 Å². The second kappa shape index (κ2) is 8.49. The maximum Gasteiger partial charge on any atom is 0.317 e. The van der Waals surface area contributed by atoms with E-state index in [9.17, 15) is 4.79 Å². The number of pyridine rings is 1. The number of aryl methyl sites for hydroxylation is 2. The molecular formula is C19H27N5OS. The third-order valence-electron chi connectivity index (χ3n) is 4.73. The summed E-state index contributed by atoms with van der Waals surface area (Å²) < 4.78 is 0. The number of carbonyl (C=O) groups excluding carboxylic acids is 1. The number of carbonyl (C=O) groups is 1. The average Bonchev–Trinajstić information content (AvgIpc) is 2.92. The summed E-state index contributed by atoms with van der Waals surface area (Å²) in [7, 11) is 0. The summed E-state index contributed by atoms with van der Waals surface area (Å²) in [5.41, 5.74) is 3.44. The van der Waals surface area contributed by atoms with E-state index in [1.807, 2.05) is 24.2 Å². The number of nitrogens with zero attached hydrogens (tertiary/aromatic N) is 4. The summed E-state index contributed by atoms with van der Waals surface area (Å²) in [5.74, 6) is 0.237. The summed E-state index contributed by atoms with van der Waals surface area (Å²) in [6.45, 7) is 10.1. The van der Waals surface area contributed by atoms with Crippen molar-refractivity contribution in [3.05, 3.63) is 40.1 Å². The molecule has 2 aromatic rings. The number of urea groups is 1. The van der Waals surface area contributed by atoms with Crippen molar-refractivity contribution in [2.24, 2.45) is 0 Å². The van der Waals surface area contributed by atoms with Gasteiger partial charge in [0.05, 0.1) is 5.01 Å². The molecule has 0 aliphatic carbocycles. The van der Waals surface area contributed by atoms with E-state index >= 15 is 0 Å². The Morgan fingerprint density at radius 2 is 2.15 bits per heavy atom. The molecule has 3 rings (SSSR count). The SMILES string of the molecule is Cc1csc([C@H](C)CNC(=O)N2CCCN(c3ccncc3C)CC2)n1. The van der Waals surface area contributed by atoms with Crippen LogP contribution in [0.25, 0.3) is 0 Å². The molecule has 1 atom stereocenters. The van der Waals surface area contributed by atoms with Gasteiger partial charge in [-0.1, -0.05) is 6.92 Å². The van der Waals surface area contributed by atoms with Gasteiger partial charge in [0.1, 0.15) is 0 Å². The van der Waals surface area contributed by atoms with Crippen LogP contribution < -0.4 is 10.2 Å². The van der Waals surface area contributed by atoms with Crippen LogP contribution in [0.4, 0.5) is 10.5 Å². The van der Waals surface area contributed by atoms with Gasteiger partial charge in [-0.25, -0.2) is 9.78 Å². The Morgan fingerprint density at radius 1 is 1.31 bits per heavy atom. The van der Waals surface area contributed by atoms with Crippen LogP contribution in [0.5, 0.6) is 0 Å². The van der Waals surface area contributed by atoms with E-state index in [0.717, 1.165) is 43.3 Å². The molecule has 0 radical (unpaired) electrons. The van der Waals surface area contributed by atoms with Crippen molar-refractivity contribution in [2.45, 2.75) is 33.1 Å². The van der Waals surface area contributed by atoms with Crippen LogP contribution in [0.15, 0.2) is 23.8 Å². The number of aromatic nitrogens is 2. The quantitative estimate of drug-likeness (QED) is 0.894. The highest BCUT2D eigenvalue weighted by atomic mass is 32.1. The summed E-state index contributed by atoms with van der Waals surface area (Å²) in [5, 5.41) is 6.21. The van der Waals surface area contributed by atoms with E-state index in [4.69, 9.17) is 0 Å². The summed E-state index contributed by atoms with van der Waals surface area (Å²) in [6.07, 6.45) is 4.70. The topological polar surface area (TPSA) is 61.4 Å². The van der Waals surface area contributed by atoms with Crippen molar-refractivity contribution >= 4 is 23.1 Å². The minimum absolute atomic E-state index is 0.0263. The number of thiazole rings is 1. The van der Waals surface area contributed by atoms with Crippen LogP contribution in [-0.2, 0) is 0 Å². The second-order valence-corrected chi connectivity index (χ2v) is 7.79. The Morgan fingerprint density at radius 3 is 2.88 bits per heavy atom. The lowest BCUT2D eigenvalue weighted by Crippen LogP contribution is -2.43. The molecule has 0 bridgehead atoms. The molecule has 1 saturated heterocycles. The van der Waals surface area contributed by atoms with Gasteiger partial charge >= 0.3 is 6.03 Å². The number of amides is 2. The van der Waals surface area contributed by atoms with Gasteiger partial charge in [-0.05, 0) is 31.9 Å². The molecule has 1 aliphatic heterocycles. The molecule has 140 valence electrons. The van der Waals surface area contributed by atoms with E-state index in [0.29, 0.717) is 6.54 Å². The second-order valence-electron chi connectivity index (χ2n) is 6.90. The molecule has 0 saturated carbocycles. The lowest BCUT2D eigenvalue weighted by atomic mass is 10.2. The van der Waals surface area contributed by atoms with Crippen LogP contribution in [0.3, 0.4) is 0 Å². The highest BCUT2D eigenvalue weighted by Gasteiger charge is 2.21. The van der Waals surface area contributed by atoms with Gasteiger partial charge in [0.2, 0.25) is 0 Å². The highest BCUT2D eigenvalue weighted by Crippen LogP contribution is 2.21. The molecule has 26 heavy (non-hydrogen) atoms. The first kappa shape index (κ1) is 18.6. The Labute approximate surface area is 159 Å². The lowest BCUT2D eigenvalue weighted by molar-refractivity contribution is 0.201. The first-order valence-corrected chi connectivity index (χ1v) is 10.0. The molecule has 0 aromatic carbocycles. The fourth-order valence-corrected chi connectivity index (χ4v) is 4.08. The van der Waals surface area contributed by atoms with E-state index in [1.165, 1.54) is 11.3 Å². The van der Waals surface area contributed by atoms with Crippen molar-refractivity contribution in [2.75, 3.05) is 37.6 Å². The molecule has 0 spiro atoms. The molecule has 0 unspecified atom stereocenters. The van der Waals surface area contributed by atoms with Crippen LogP contribution in [-0.4, -0.2) is 53.6 Å². The molecule has 1 aliphatic rings. The molecule has 6 nitrogen and oxygen atoms in total. The lowest BCUT2D eigenvalue weighted by Gasteiger charge is -2.25. The average molecular weight is 374 g/mol. The Hall–Kier alpha value is -2.15. The Kier molecular flexibility index (Phi) is 6.08. The number of rotatable bonds is 4. The Balaban J connectivity index is 1.52. The monoisotopic (exact) mass is 373 g/mol. The number of nitrogens with one attached hydrogen (secondary N) is 1. The molecule has 3 heterocycles. The zero-order valence-electron chi connectivity index (χ0n) is 15.7. The van der Waals surface area contributed by atoms with Crippen molar-refractivity contribution in [1.29, 1.82) is 0 Å². The largest absolute Gasteiger partial charge is 0.369 e. The van der Waals surface area contributed by atoms with E-state index in [-0.39, 0.29) is 11.9 Å². The highest BCUT2D eigenvalue weighted by molar-refractivity contribution is 7.09. The number of hydrogen-bond donors (Lipinski definition) is 1. The van der Waals surface area contributed by atoms with Gasteiger partial charge < -0.3 is 15.1 Å². The summed E-state index contributed by atoms with van der Waals surface area (Å²) >= 11 is 1.66. The van der Waals surface area contributed by atoms with Crippen LogP contribution >= 0.6 is 11.3 Å². The zero-order chi connectivity index (χ0) is 18.5. The minimum atomic E-state index is 0.0263. The Bertz CT molecular complexity index is 747. The third kappa shape index (κ3) is 4.52. The third-order valence-corrected chi connectivity index (χ3v) is 5.93. The predicted molar refractivity (Wildman–Crippen MR) is 106 cm³/mol. The van der Waals surface area contributed by atoms with Crippen molar-refractivity contribution < 1.29 is 4.79 Å². The predicted octanol–water partition coefficient (Wildman–Crippen LogP) is 3.18. The van der Waals surface area contributed by atoms with Crippen molar-refractivity contribution in [3.8, 4) is 0 Å². The van der Waals surface area contributed by atoms with Gasteiger partial charge in [0.15, 0.2) is 0 Å². The first-order chi connectivity index (χ1) is 12.5. The van der Waals surface area contributed by atoms with Gasteiger partial charge in [-0.15, -0.1) is 11.3 Å². The molecular weight excluding hydrogens is 346 g/mol. The summed E-state index contributed by atoms with van der Waals surface area (Å²) in [6, 6.07) is 2.08. The van der Waals surface area contributed by atoms with Crippen LogP contribution in [0.1, 0.15) is 35.5 Å². The first-order valence-electron chi connectivity index (χ1n) is 9.15. The molecule has 1 N–H and O–H groups in total. The fraction of sp³-hybridized carbons (Fsp3) is 0.526. The van der Waals surface area contributed by atoms with Crippen LogP contribution in [0.2, 0.25) is 0 Å². The normalized spacial score (nSPS) is 16.3. The zero-order valence-corrected chi connectivity index (χ0v) is 16.6. The molecule has 7 heteroatoms. The van der Waals surface area contributed by atoms with Gasteiger partial charge in [0, 0.05) is 67.8 Å². The molecule has 2 amide bonds. The summed E-state index contributed by atoms with van der Waals surface area (Å²) in [4.78, 5) is 25.5. The smallest absolute Gasteiger partial charge is 0.317 e. The van der Waals surface area contributed by atoms with E-state index in [1.54, 1.807) is 11.3 Å².